The molecule has 2 aliphatic heterocycles. The highest BCUT2D eigenvalue weighted by Crippen LogP contribution is 2.49. The summed E-state index contributed by atoms with van der Waals surface area (Å²) in [7, 11) is 2.06. The van der Waals surface area contributed by atoms with Gasteiger partial charge in [-0.3, -0.25) is 5.01 Å². The van der Waals surface area contributed by atoms with E-state index in [2.05, 4.69) is 78.8 Å². The molecule has 0 spiro atoms. The Morgan fingerprint density at radius 1 is 0.769 bits per heavy atom. The van der Waals surface area contributed by atoms with E-state index in [0.29, 0.717) is 0 Å². The highest BCUT2D eigenvalue weighted by atomic mass is 16.5. The van der Waals surface area contributed by atoms with E-state index in [1.165, 1.54) is 11.1 Å². The lowest BCUT2D eigenvalue weighted by Gasteiger charge is -2.36. The van der Waals surface area contributed by atoms with E-state index >= 15 is 0 Å². The molecule has 0 radical (unpaired) electrons. The average molecular weight is 340 g/mol. The fourth-order valence-corrected chi connectivity index (χ4v) is 4.21. The van der Waals surface area contributed by atoms with Gasteiger partial charge in [-0.15, -0.1) is 0 Å². The van der Waals surface area contributed by atoms with Crippen molar-refractivity contribution >= 4 is 5.71 Å². The molecule has 0 saturated carbocycles. The summed E-state index contributed by atoms with van der Waals surface area (Å²) in [6.07, 6.45) is -0.0555. The van der Waals surface area contributed by atoms with Crippen LogP contribution in [0.1, 0.15) is 28.8 Å². The number of rotatable bonds is 2. The average Bonchev–Trinajstić information content (AvgIpc) is 3.06. The SMILES string of the molecule is CN1N=C2c3ccccc3OC(c3ccccc3)[C@H]2C1c1ccccc1. The van der Waals surface area contributed by atoms with Crippen molar-refractivity contribution < 1.29 is 4.74 Å². The summed E-state index contributed by atoms with van der Waals surface area (Å²) in [6, 6.07) is 29.5. The van der Waals surface area contributed by atoms with Gasteiger partial charge in [0.05, 0.1) is 17.7 Å². The normalized spacial score (nSPS) is 23.7. The first kappa shape index (κ1) is 15.2. The van der Waals surface area contributed by atoms with E-state index < -0.39 is 0 Å². The van der Waals surface area contributed by atoms with E-state index in [-0.39, 0.29) is 18.1 Å². The van der Waals surface area contributed by atoms with E-state index in [1.807, 2.05) is 18.2 Å². The van der Waals surface area contributed by atoms with Crippen LogP contribution in [0.5, 0.6) is 5.75 Å². The van der Waals surface area contributed by atoms with E-state index in [1.54, 1.807) is 0 Å². The number of benzene rings is 3. The lowest BCUT2D eigenvalue weighted by Crippen LogP contribution is -2.35. The molecule has 3 nitrogen and oxygen atoms in total. The molecule has 0 amide bonds. The van der Waals surface area contributed by atoms with Crippen LogP contribution < -0.4 is 4.74 Å². The Hall–Kier alpha value is -3.07. The Morgan fingerprint density at radius 2 is 1.38 bits per heavy atom. The minimum Gasteiger partial charge on any atom is -0.484 e. The number of ether oxygens (including phenoxy) is 1. The number of nitrogens with zero attached hydrogens (tertiary/aromatic N) is 2. The summed E-state index contributed by atoms with van der Waals surface area (Å²) in [5, 5.41) is 7.05. The highest BCUT2D eigenvalue weighted by Gasteiger charge is 2.47. The fourth-order valence-electron chi connectivity index (χ4n) is 4.21. The van der Waals surface area contributed by atoms with Crippen LogP contribution in [0.4, 0.5) is 0 Å². The predicted molar refractivity (Wildman–Crippen MR) is 103 cm³/mol. The first-order valence-electron chi connectivity index (χ1n) is 9.00. The van der Waals surface area contributed by atoms with Crippen molar-refractivity contribution in [2.75, 3.05) is 7.05 Å². The molecule has 0 fully saturated rings. The summed E-state index contributed by atoms with van der Waals surface area (Å²) >= 11 is 0. The van der Waals surface area contributed by atoms with Crippen LogP contribution in [0.15, 0.2) is 90.0 Å². The first-order chi connectivity index (χ1) is 12.8. The maximum atomic E-state index is 6.52. The zero-order chi connectivity index (χ0) is 17.5. The maximum Gasteiger partial charge on any atom is 0.135 e. The molecule has 3 atom stereocenters. The zero-order valence-corrected chi connectivity index (χ0v) is 14.6. The zero-order valence-electron chi connectivity index (χ0n) is 14.6. The first-order valence-corrected chi connectivity index (χ1v) is 9.00. The molecule has 5 rings (SSSR count). The fraction of sp³-hybridized carbons (Fsp3) is 0.174. The van der Waals surface area contributed by atoms with Crippen LogP contribution in [-0.2, 0) is 0 Å². The van der Waals surface area contributed by atoms with Gasteiger partial charge < -0.3 is 4.74 Å². The third-order valence-corrected chi connectivity index (χ3v) is 5.34. The lowest BCUT2D eigenvalue weighted by atomic mass is 9.79. The van der Waals surface area contributed by atoms with Gasteiger partial charge in [0.1, 0.15) is 11.9 Å². The molecule has 0 aliphatic carbocycles. The topological polar surface area (TPSA) is 24.8 Å². The Bertz CT molecular complexity index is 952. The summed E-state index contributed by atoms with van der Waals surface area (Å²) in [5.74, 6) is 1.07. The van der Waals surface area contributed by atoms with Crippen molar-refractivity contribution in [3.05, 3.63) is 102 Å². The number of fused-ring (bicyclic) bond motifs is 3. The third kappa shape index (κ3) is 2.31. The van der Waals surface area contributed by atoms with Crippen molar-refractivity contribution in [1.29, 1.82) is 0 Å². The maximum absolute atomic E-state index is 6.52. The number of hydrogen-bond acceptors (Lipinski definition) is 3. The molecule has 3 heteroatoms. The van der Waals surface area contributed by atoms with Crippen molar-refractivity contribution in [3.63, 3.8) is 0 Å². The molecule has 3 aromatic rings. The minimum absolute atomic E-state index is 0.0555. The van der Waals surface area contributed by atoms with Crippen LogP contribution in [0.3, 0.4) is 0 Å². The van der Waals surface area contributed by atoms with Crippen molar-refractivity contribution in [2.24, 2.45) is 11.0 Å². The van der Waals surface area contributed by atoms with Crippen molar-refractivity contribution in [1.82, 2.24) is 5.01 Å². The van der Waals surface area contributed by atoms with Gasteiger partial charge in [-0.2, -0.15) is 5.10 Å². The molecular weight excluding hydrogens is 320 g/mol. The molecule has 0 saturated heterocycles. The van der Waals surface area contributed by atoms with Gasteiger partial charge in [-0.1, -0.05) is 72.8 Å². The van der Waals surface area contributed by atoms with Crippen LogP contribution in [-0.4, -0.2) is 17.8 Å². The minimum atomic E-state index is -0.0555. The van der Waals surface area contributed by atoms with Gasteiger partial charge >= 0.3 is 0 Å². The van der Waals surface area contributed by atoms with Gasteiger partial charge in [0.25, 0.3) is 0 Å². The Kier molecular flexibility index (Phi) is 3.52. The number of para-hydroxylation sites is 1. The predicted octanol–water partition coefficient (Wildman–Crippen LogP) is 4.83. The third-order valence-electron chi connectivity index (χ3n) is 5.34. The van der Waals surface area contributed by atoms with E-state index in [4.69, 9.17) is 9.84 Å². The van der Waals surface area contributed by atoms with Crippen LogP contribution >= 0.6 is 0 Å². The lowest BCUT2D eigenvalue weighted by molar-refractivity contribution is 0.113. The summed E-state index contributed by atoms with van der Waals surface area (Å²) in [6.45, 7) is 0. The van der Waals surface area contributed by atoms with Crippen LogP contribution in [0.2, 0.25) is 0 Å². The van der Waals surface area contributed by atoms with Crippen molar-refractivity contribution in [3.8, 4) is 5.75 Å². The Morgan fingerprint density at radius 3 is 2.12 bits per heavy atom. The second-order valence-corrected chi connectivity index (χ2v) is 6.89. The highest BCUT2D eigenvalue weighted by molar-refractivity contribution is 6.07. The molecule has 0 N–H and O–H groups in total. The van der Waals surface area contributed by atoms with Gasteiger partial charge in [0, 0.05) is 12.6 Å². The molecule has 0 bridgehead atoms. The van der Waals surface area contributed by atoms with Gasteiger partial charge in [-0.25, -0.2) is 0 Å². The molecule has 2 unspecified atom stereocenters. The standard InChI is InChI=1S/C23H20N2O/c1-25-22(16-10-4-2-5-11-16)20-21(24-25)18-14-8-9-15-19(18)26-23(20)17-12-6-3-7-13-17/h2-15,20,22-23H,1H3/t20-,22?,23?/m1/s1. The molecule has 3 aromatic carbocycles. The summed E-state index contributed by atoms with van der Waals surface area (Å²) < 4.78 is 6.52. The smallest absolute Gasteiger partial charge is 0.135 e. The van der Waals surface area contributed by atoms with E-state index in [0.717, 1.165) is 17.0 Å². The second kappa shape index (κ2) is 6.03. The molecule has 2 heterocycles. The Balaban J connectivity index is 1.68. The molecule has 26 heavy (non-hydrogen) atoms. The summed E-state index contributed by atoms with van der Waals surface area (Å²) in [4.78, 5) is 0. The van der Waals surface area contributed by atoms with Crippen molar-refractivity contribution in [2.45, 2.75) is 12.1 Å². The van der Waals surface area contributed by atoms with Crippen LogP contribution in [0.25, 0.3) is 0 Å². The van der Waals surface area contributed by atoms with Gasteiger partial charge in [0.2, 0.25) is 0 Å². The largest absolute Gasteiger partial charge is 0.484 e. The molecule has 0 aromatic heterocycles. The van der Waals surface area contributed by atoms with Gasteiger partial charge in [0.15, 0.2) is 0 Å². The Labute approximate surface area is 153 Å². The van der Waals surface area contributed by atoms with Crippen LogP contribution in [0, 0.1) is 5.92 Å². The molecule has 2 aliphatic rings. The molecular formula is C23H20N2O. The number of hydrazone groups is 1. The number of hydrogen-bond donors (Lipinski definition) is 0. The quantitative estimate of drug-likeness (QED) is 0.668. The summed E-state index contributed by atoms with van der Waals surface area (Å²) in [5.41, 5.74) is 4.69. The molecule has 128 valence electrons. The van der Waals surface area contributed by atoms with Gasteiger partial charge in [-0.05, 0) is 23.3 Å². The second-order valence-electron chi connectivity index (χ2n) is 6.89. The van der Waals surface area contributed by atoms with E-state index in [9.17, 15) is 0 Å². The monoisotopic (exact) mass is 340 g/mol.